The Morgan fingerprint density at radius 1 is 1.20 bits per heavy atom. The van der Waals surface area contributed by atoms with E-state index in [0.29, 0.717) is 11.6 Å². The number of fused-ring (bicyclic) bond motifs is 1. The van der Waals surface area contributed by atoms with Gasteiger partial charge in [-0.25, -0.2) is 4.79 Å². The molecule has 104 valence electrons. The Labute approximate surface area is 122 Å². The number of hydrogen-bond acceptors (Lipinski definition) is 3. The lowest BCUT2D eigenvalue weighted by molar-refractivity contribution is 0.0699. The third-order valence-corrected chi connectivity index (χ3v) is 4.89. The summed E-state index contributed by atoms with van der Waals surface area (Å²) in [7, 11) is 0. The zero-order chi connectivity index (χ0) is 13.9. The molecule has 1 fully saturated rings. The highest BCUT2D eigenvalue weighted by Crippen LogP contribution is 2.29. The summed E-state index contributed by atoms with van der Waals surface area (Å²) in [5, 5.41) is 14.6. The number of nitrogens with one attached hydrogen (secondary N) is 1. The predicted octanol–water partition coefficient (Wildman–Crippen LogP) is 3.85. The first-order chi connectivity index (χ1) is 9.75. The zero-order valence-corrected chi connectivity index (χ0v) is 12.0. The molecule has 0 bridgehead atoms. The van der Waals surface area contributed by atoms with Crippen LogP contribution in [0.25, 0.3) is 10.8 Å². The lowest BCUT2D eigenvalue weighted by Gasteiger charge is -2.24. The lowest BCUT2D eigenvalue weighted by atomic mass is 10.0. The molecule has 1 saturated heterocycles. The number of aromatic carboxylic acids is 1. The van der Waals surface area contributed by atoms with Crippen LogP contribution in [0, 0.1) is 0 Å². The number of hydrogen-bond donors (Lipinski definition) is 2. The molecule has 20 heavy (non-hydrogen) atoms. The summed E-state index contributed by atoms with van der Waals surface area (Å²) in [5.41, 5.74) is 1.40. The number of carboxylic acid groups (broad SMARTS) is 1. The van der Waals surface area contributed by atoms with Gasteiger partial charge in [0.2, 0.25) is 0 Å². The van der Waals surface area contributed by atoms with E-state index < -0.39 is 5.97 Å². The van der Waals surface area contributed by atoms with Gasteiger partial charge in [0, 0.05) is 22.9 Å². The summed E-state index contributed by atoms with van der Waals surface area (Å²) in [5.74, 6) is 1.49. The quantitative estimate of drug-likeness (QED) is 0.900. The average molecular weight is 287 g/mol. The zero-order valence-electron chi connectivity index (χ0n) is 11.1. The highest BCUT2D eigenvalue weighted by Gasteiger charge is 2.16. The highest BCUT2D eigenvalue weighted by molar-refractivity contribution is 7.99. The van der Waals surface area contributed by atoms with Crippen LogP contribution in [0.1, 0.15) is 23.2 Å². The molecule has 1 atom stereocenters. The van der Waals surface area contributed by atoms with E-state index in [0.717, 1.165) is 22.2 Å². The van der Waals surface area contributed by atoms with E-state index >= 15 is 0 Å². The number of anilines is 1. The van der Waals surface area contributed by atoms with E-state index in [1.54, 1.807) is 6.07 Å². The number of carboxylic acids is 1. The summed E-state index contributed by atoms with van der Waals surface area (Å²) in [6, 6.07) is 11.8. The Morgan fingerprint density at radius 2 is 2.00 bits per heavy atom. The number of thioether (sulfide) groups is 1. The van der Waals surface area contributed by atoms with Gasteiger partial charge < -0.3 is 10.4 Å². The fourth-order valence-electron chi connectivity index (χ4n) is 2.69. The van der Waals surface area contributed by atoms with Gasteiger partial charge in [0.25, 0.3) is 0 Å². The molecule has 0 radical (unpaired) electrons. The third kappa shape index (κ3) is 2.61. The van der Waals surface area contributed by atoms with Gasteiger partial charge >= 0.3 is 5.97 Å². The molecule has 0 spiro atoms. The molecule has 1 unspecified atom stereocenters. The van der Waals surface area contributed by atoms with Crippen LogP contribution in [-0.2, 0) is 0 Å². The maximum Gasteiger partial charge on any atom is 0.336 e. The number of rotatable bonds is 3. The molecule has 3 nitrogen and oxygen atoms in total. The SMILES string of the molecule is O=C(O)c1ccc(NC2CCCSC2)c2ccccc12. The first-order valence-corrected chi connectivity index (χ1v) is 8.00. The van der Waals surface area contributed by atoms with Crippen LogP contribution in [0.4, 0.5) is 5.69 Å². The molecule has 2 aromatic rings. The van der Waals surface area contributed by atoms with Crippen LogP contribution in [-0.4, -0.2) is 28.6 Å². The van der Waals surface area contributed by atoms with Gasteiger partial charge in [0.1, 0.15) is 0 Å². The Balaban J connectivity index is 1.99. The van der Waals surface area contributed by atoms with Crippen LogP contribution in [0.15, 0.2) is 36.4 Å². The molecule has 2 N–H and O–H groups in total. The summed E-state index contributed by atoms with van der Waals surface area (Å²) >= 11 is 1.98. The largest absolute Gasteiger partial charge is 0.478 e. The smallest absolute Gasteiger partial charge is 0.336 e. The van der Waals surface area contributed by atoms with E-state index in [9.17, 15) is 9.90 Å². The standard InChI is InChI=1S/C16H17NO2S/c18-16(19)14-7-8-15(13-6-2-1-5-12(13)14)17-11-4-3-9-20-10-11/h1-2,5-8,11,17H,3-4,9-10H2,(H,18,19). The summed E-state index contributed by atoms with van der Waals surface area (Å²) in [6.07, 6.45) is 2.43. The van der Waals surface area contributed by atoms with Crippen molar-refractivity contribution in [2.45, 2.75) is 18.9 Å². The minimum atomic E-state index is -0.874. The molecular formula is C16H17NO2S. The first-order valence-electron chi connectivity index (χ1n) is 6.85. The molecule has 0 saturated carbocycles. The van der Waals surface area contributed by atoms with Crippen molar-refractivity contribution in [1.29, 1.82) is 0 Å². The molecule has 3 rings (SSSR count). The second-order valence-electron chi connectivity index (χ2n) is 5.07. The first kappa shape index (κ1) is 13.3. The van der Waals surface area contributed by atoms with Gasteiger partial charge in [-0.1, -0.05) is 24.3 Å². The van der Waals surface area contributed by atoms with E-state index in [1.165, 1.54) is 18.6 Å². The Hall–Kier alpha value is -1.68. The second kappa shape index (κ2) is 5.75. The summed E-state index contributed by atoms with van der Waals surface area (Å²) in [4.78, 5) is 11.3. The van der Waals surface area contributed by atoms with Crippen molar-refractivity contribution in [2.75, 3.05) is 16.8 Å². The number of carbonyl (C=O) groups is 1. The second-order valence-corrected chi connectivity index (χ2v) is 6.22. The van der Waals surface area contributed by atoms with Crippen LogP contribution >= 0.6 is 11.8 Å². The molecule has 1 aliphatic rings. The normalized spacial score (nSPS) is 18.9. The maximum atomic E-state index is 11.3. The molecule has 1 heterocycles. The molecule has 4 heteroatoms. The van der Waals surface area contributed by atoms with Gasteiger partial charge in [-0.15, -0.1) is 0 Å². The minimum Gasteiger partial charge on any atom is -0.478 e. The topological polar surface area (TPSA) is 49.3 Å². The lowest BCUT2D eigenvalue weighted by Crippen LogP contribution is -2.25. The van der Waals surface area contributed by atoms with Crippen molar-refractivity contribution >= 4 is 34.2 Å². The number of benzene rings is 2. The van der Waals surface area contributed by atoms with E-state index in [4.69, 9.17) is 0 Å². The predicted molar refractivity (Wildman–Crippen MR) is 84.9 cm³/mol. The highest BCUT2D eigenvalue weighted by atomic mass is 32.2. The van der Waals surface area contributed by atoms with Crippen molar-refractivity contribution < 1.29 is 9.90 Å². The van der Waals surface area contributed by atoms with Crippen LogP contribution < -0.4 is 5.32 Å². The van der Waals surface area contributed by atoms with Crippen molar-refractivity contribution in [3.8, 4) is 0 Å². The van der Waals surface area contributed by atoms with Crippen molar-refractivity contribution in [3.63, 3.8) is 0 Å². The molecule has 1 aliphatic heterocycles. The van der Waals surface area contributed by atoms with Gasteiger partial charge in [-0.3, -0.25) is 0 Å². The molecular weight excluding hydrogens is 270 g/mol. The third-order valence-electron chi connectivity index (χ3n) is 3.67. The van der Waals surface area contributed by atoms with Crippen LogP contribution in [0.5, 0.6) is 0 Å². The van der Waals surface area contributed by atoms with E-state index in [1.807, 2.05) is 42.1 Å². The van der Waals surface area contributed by atoms with Crippen LogP contribution in [0.3, 0.4) is 0 Å². The molecule has 0 aromatic heterocycles. The van der Waals surface area contributed by atoms with Gasteiger partial charge in [-0.2, -0.15) is 11.8 Å². The summed E-state index contributed by atoms with van der Waals surface area (Å²) < 4.78 is 0. The van der Waals surface area contributed by atoms with Gasteiger partial charge in [-0.05, 0) is 36.1 Å². The fourth-order valence-corrected chi connectivity index (χ4v) is 3.76. The molecule has 0 amide bonds. The average Bonchev–Trinajstić information content (AvgIpc) is 2.48. The Kier molecular flexibility index (Phi) is 3.83. The monoisotopic (exact) mass is 287 g/mol. The molecule has 2 aromatic carbocycles. The van der Waals surface area contributed by atoms with E-state index in [2.05, 4.69) is 5.32 Å². The Morgan fingerprint density at radius 3 is 2.70 bits per heavy atom. The van der Waals surface area contributed by atoms with Gasteiger partial charge in [0.05, 0.1) is 5.56 Å². The minimum absolute atomic E-state index is 0.365. The molecule has 0 aliphatic carbocycles. The van der Waals surface area contributed by atoms with Crippen molar-refractivity contribution in [3.05, 3.63) is 42.0 Å². The van der Waals surface area contributed by atoms with Crippen molar-refractivity contribution in [2.24, 2.45) is 0 Å². The maximum absolute atomic E-state index is 11.3. The van der Waals surface area contributed by atoms with Gasteiger partial charge in [0.15, 0.2) is 0 Å². The Bertz CT molecular complexity index is 635. The fraction of sp³-hybridized carbons (Fsp3) is 0.312. The summed E-state index contributed by atoms with van der Waals surface area (Å²) in [6.45, 7) is 0. The van der Waals surface area contributed by atoms with Crippen molar-refractivity contribution in [1.82, 2.24) is 0 Å². The van der Waals surface area contributed by atoms with Crippen LogP contribution in [0.2, 0.25) is 0 Å². The van der Waals surface area contributed by atoms with E-state index in [-0.39, 0.29) is 0 Å².